The second kappa shape index (κ2) is 6.77. The number of nitrogens with zero attached hydrogens (tertiary/aromatic N) is 4. The highest BCUT2D eigenvalue weighted by molar-refractivity contribution is 5.65. The molecule has 1 saturated heterocycles. The highest BCUT2D eigenvalue weighted by Crippen LogP contribution is 2.39. The van der Waals surface area contributed by atoms with E-state index in [2.05, 4.69) is 30.8 Å². The van der Waals surface area contributed by atoms with Crippen molar-refractivity contribution >= 4 is 23.7 Å². The van der Waals surface area contributed by atoms with Gasteiger partial charge < -0.3 is 20.6 Å². The average Bonchev–Trinajstić information content (AvgIpc) is 3.37. The first kappa shape index (κ1) is 16.6. The highest BCUT2D eigenvalue weighted by Gasteiger charge is 2.32. The molecular formula is C16H20FN7O2. The Morgan fingerprint density at radius 2 is 2.19 bits per heavy atom. The van der Waals surface area contributed by atoms with Crippen LogP contribution in [-0.4, -0.2) is 61.6 Å². The fourth-order valence-corrected chi connectivity index (χ4v) is 3.04. The largest absolute Gasteiger partial charge is 0.465 e. The maximum atomic E-state index is 14.2. The van der Waals surface area contributed by atoms with Gasteiger partial charge in [-0.05, 0) is 25.3 Å². The lowest BCUT2D eigenvalue weighted by molar-refractivity contribution is 0.101. The van der Waals surface area contributed by atoms with Crippen LogP contribution >= 0.6 is 0 Å². The summed E-state index contributed by atoms with van der Waals surface area (Å²) in [6, 6.07) is 3.15. The van der Waals surface area contributed by atoms with Crippen LogP contribution in [0.2, 0.25) is 0 Å². The summed E-state index contributed by atoms with van der Waals surface area (Å²) in [5.41, 5.74) is 1.12. The number of aromatic nitrogens is 4. The minimum atomic E-state index is -1.31. The molecule has 1 aliphatic heterocycles. The van der Waals surface area contributed by atoms with E-state index in [1.165, 1.54) is 12.8 Å². The number of nitrogens with one attached hydrogen (secondary N) is 3. The molecule has 4 N–H and O–H groups in total. The van der Waals surface area contributed by atoms with Crippen molar-refractivity contribution in [1.29, 1.82) is 0 Å². The number of anilines is 3. The summed E-state index contributed by atoms with van der Waals surface area (Å²) < 4.78 is 14.2. The second-order valence-corrected chi connectivity index (χ2v) is 6.66. The van der Waals surface area contributed by atoms with E-state index in [-0.39, 0.29) is 13.1 Å². The molecule has 2 aromatic heterocycles. The van der Waals surface area contributed by atoms with Gasteiger partial charge in [-0.2, -0.15) is 10.1 Å². The molecular weight excluding hydrogens is 341 g/mol. The fraction of sp³-hybridized carbons (Fsp3) is 0.500. The van der Waals surface area contributed by atoms with Crippen LogP contribution in [-0.2, 0) is 0 Å². The predicted molar refractivity (Wildman–Crippen MR) is 92.4 cm³/mol. The summed E-state index contributed by atoms with van der Waals surface area (Å²) in [5, 5.41) is 22.2. The lowest BCUT2D eigenvalue weighted by Crippen LogP contribution is -2.49. The Labute approximate surface area is 149 Å². The van der Waals surface area contributed by atoms with Crippen LogP contribution in [0.4, 0.5) is 26.8 Å². The molecule has 1 amide bonds. The lowest BCUT2D eigenvalue weighted by atomic mass is 10.0. The zero-order chi connectivity index (χ0) is 18.1. The van der Waals surface area contributed by atoms with Crippen molar-refractivity contribution in [3.8, 4) is 0 Å². The van der Waals surface area contributed by atoms with Crippen molar-refractivity contribution in [1.82, 2.24) is 25.1 Å². The number of alkyl halides is 1. The number of aromatic amines is 1. The van der Waals surface area contributed by atoms with Gasteiger partial charge in [0.25, 0.3) is 0 Å². The minimum absolute atomic E-state index is 0.151. The number of amides is 1. The van der Waals surface area contributed by atoms with E-state index < -0.39 is 18.3 Å². The lowest BCUT2D eigenvalue weighted by Gasteiger charge is -2.33. The van der Waals surface area contributed by atoms with Crippen LogP contribution in [0.25, 0.3) is 0 Å². The zero-order valence-electron chi connectivity index (χ0n) is 14.0. The molecule has 138 valence electrons. The number of hydrogen-bond donors (Lipinski definition) is 4. The standard InChI is InChI=1S/C16H20FN7O2/c17-10-8-24(16(25)26)6-4-11(10)19-15-18-5-3-13(21-15)20-14-7-12(22-23-14)9-1-2-9/h3,5,7,9-11H,1-2,4,6,8H2,(H,25,26)(H3,18,19,20,21,22,23)/t10-,11+/m1/s1. The summed E-state index contributed by atoms with van der Waals surface area (Å²) in [6.07, 6.45) is 1.90. The molecule has 3 heterocycles. The predicted octanol–water partition coefficient (Wildman–Crippen LogP) is 2.32. The van der Waals surface area contributed by atoms with Crippen molar-refractivity contribution in [2.75, 3.05) is 23.7 Å². The average molecular weight is 361 g/mol. The van der Waals surface area contributed by atoms with Crippen LogP contribution in [0.3, 0.4) is 0 Å². The van der Waals surface area contributed by atoms with Crippen molar-refractivity contribution < 1.29 is 14.3 Å². The SMILES string of the molecule is O=C(O)N1CC[C@H](Nc2nccc(Nc3cc(C4CC4)[nH]n3)n2)[C@H](F)C1. The van der Waals surface area contributed by atoms with Crippen molar-refractivity contribution in [3.63, 3.8) is 0 Å². The van der Waals surface area contributed by atoms with Crippen LogP contribution < -0.4 is 10.6 Å². The third kappa shape index (κ3) is 3.68. The molecule has 10 heteroatoms. The van der Waals surface area contributed by atoms with E-state index in [9.17, 15) is 9.18 Å². The molecule has 0 bridgehead atoms. The monoisotopic (exact) mass is 361 g/mol. The van der Waals surface area contributed by atoms with Gasteiger partial charge in [-0.3, -0.25) is 5.10 Å². The van der Waals surface area contributed by atoms with E-state index >= 15 is 0 Å². The zero-order valence-corrected chi connectivity index (χ0v) is 14.0. The Balaban J connectivity index is 1.38. The first-order valence-electron chi connectivity index (χ1n) is 8.62. The second-order valence-electron chi connectivity index (χ2n) is 6.66. The summed E-state index contributed by atoms with van der Waals surface area (Å²) in [6.45, 7) is 0.130. The van der Waals surface area contributed by atoms with Gasteiger partial charge in [0.2, 0.25) is 5.95 Å². The van der Waals surface area contributed by atoms with E-state index in [4.69, 9.17) is 5.11 Å². The molecule has 0 radical (unpaired) electrons. The Kier molecular flexibility index (Phi) is 4.31. The minimum Gasteiger partial charge on any atom is -0.465 e. The summed E-state index contributed by atoms with van der Waals surface area (Å²) in [5.74, 6) is 2.10. The number of likely N-dealkylation sites (tertiary alicyclic amines) is 1. The number of carboxylic acid groups (broad SMARTS) is 1. The number of carbonyl (C=O) groups is 1. The number of piperidine rings is 1. The summed E-state index contributed by atoms with van der Waals surface area (Å²) in [7, 11) is 0. The van der Waals surface area contributed by atoms with Gasteiger partial charge in [0.05, 0.1) is 12.6 Å². The molecule has 2 atom stereocenters. The molecule has 0 spiro atoms. The number of hydrogen-bond acceptors (Lipinski definition) is 6. The maximum Gasteiger partial charge on any atom is 0.407 e. The van der Waals surface area contributed by atoms with Gasteiger partial charge in [-0.1, -0.05) is 0 Å². The molecule has 2 aromatic rings. The Morgan fingerprint density at radius 3 is 2.92 bits per heavy atom. The smallest absolute Gasteiger partial charge is 0.407 e. The number of H-pyrrole nitrogens is 1. The van der Waals surface area contributed by atoms with Crippen LogP contribution in [0.1, 0.15) is 30.9 Å². The Bertz CT molecular complexity index is 794. The third-order valence-electron chi connectivity index (χ3n) is 4.65. The Hall–Kier alpha value is -2.91. The fourth-order valence-electron chi connectivity index (χ4n) is 3.04. The van der Waals surface area contributed by atoms with E-state index in [0.29, 0.717) is 29.9 Å². The van der Waals surface area contributed by atoms with Crippen LogP contribution in [0.15, 0.2) is 18.3 Å². The normalized spacial score (nSPS) is 22.9. The molecule has 4 rings (SSSR count). The van der Waals surface area contributed by atoms with Gasteiger partial charge in [0.1, 0.15) is 12.0 Å². The van der Waals surface area contributed by atoms with Crippen molar-refractivity contribution in [3.05, 3.63) is 24.0 Å². The molecule has 0 aromatic carbocycles. The topological polar surface area (TPSA) is 119 Å². The Morgan fingerprint density at radius 1 is 1.35 bits per heavy atom. The number of rotatable bonds is 5. The van der Waals surface area contributed by atoms with Crippen molar-refractivity contribution in [2.45, 2.75) is 37.4 Å². The van der Waals surface area contributed by atoms with Gasteiger partial charge in [-0.15, -0.1) is 0 Å². The molecule has 1 aliphatic carbocycles. The first-order valence-corrected chi connectivity index (χ1v) is 8.62. The van der Waals surface area contributed by atoms with Crippen LogP contribution in [0, 0.1) is 0 Å². The first-order chi connectivity index (χ1) is 12.6. The molecule has 26 heavy (non-hydrogen) atoms. The molecule has 9 nitrogen and oxygen atoms in total. The number of halogens is 1. The molecule has 1 saturated carbocycles. The molecule has 0 unspecified atom stereocenters. The van der Waals surface area contributed by atoms with Gasteiger partial charge in [-0.25, -0.2) is 14.2 Å². The van der Waals surface area contributed by atoms with E-state index in [0.717, 1.165) is 10.6 Å². The maximum absolute atomic E-state index is 14.2. The summed E-state index contributed by atoms with van der Waals surface area (Å²) in [4.78, 5) is 20.5. The highest BCUT2D eigenvalue weighted by atomic mass is 19.1. The van der Waals surface area contributed by atoms with Crippen molar-refractivity contribution in [2.24, 2.45) is 0 Å². The summed E-state index contributed by atoms with van der Waals surface area (Å²) >= 11 is 0. The third-order valence-corrected chi connectivity index (χ3v) is 4.65. The molecule has 2 aliphatic rings. The van der Waals surface area contributed by atoms with Gasteiger partial charge >= 0.3 is 6.09 Å². The molecule has 2 fully saturated rings. The van der Waals surface area contributed by atoms with Crippen LogP contribution in [0.5, 0.6) is 0 Å². The van der Waals surface area contributed by atoms with E-state index in [1.807, 2.05) is 6.07 Å². The van der Waals surface area contributed by atoms with Gasteiger partial charge in [0.15, 0.2) is 5.82 Å². The van der Waals surface area contributed by atoms with Gasteiger partial charge in [0, 0.05) is 30.4 Å². The quantitative estimate of drug-likeness (QED) is 0.645. The van der Waals surface area contributed by atoms with E-state index in [1.54, 1.807) is 12.3 Å².